The molecular weight excluding hydrogens is 486 g/mol. The molecule has 0 saturated heterocycles. The molecule has 0 radical (unpaired) electrons. The van der Waals surface area contributed by atoms with Crippen LogP contribution in [-0.2, 0) is 19.6 Å². The van der Waals surface area contributed by atoms with E-state index >= 15 is 0 Å². The largest absolute Gasteiger partial charge is 0.350 e. The number of benzene rings is 3. The fourth-order valence-corrected chi connectivity index (χ4v) is 6.32. The summed E-state index contributed by atoms with van der Waals surface area (Å²) in [5.74, 6) is -1.01. The molecule has 0 aliphatic carbocycles. The third-order valence-electron chi connectivity index (χ3n) is 6.03. The maximum atomic E-state index is 14.0. The van der Waals surface area contributed by atoms with E-state index in [0.29, 0.717) is 27.5 Å². The number of hydrogen-bond donors (Lipinski definition) is 2. The third-order valence-corrected chi connectivity index (χ3v) is 8.41. The highest BCUT2D eigenvalue weighted by molar-refractivity contribution is 7.93. The summed E-state index contributed by atoms with van der Waals surface area (Å²) in [6.07, 6.45) is -0.345. The van der Waals surface area contributed by atoms with Gasteiger partial charge in [-0.3, -0.25) is 13.9 Å². The van der Waals surface area contributed by atoms with Gasteiger partial charge in [-0.2, -0.15) is 0 Å². The maximum absolute atomic E-state index is 14.0. The average Bonchev–Trinajstić information content (AvgIpc) is 2.82. The van der Waals surface area contributed by atoms with Crippen LogP contribution < -0.4 is 14.9 Å². The van der Waals surface area contributed by atoms with Crippen LogP contribution in [0.15, 0.2) is 71.6 Å². The number of anilines is 2. The van der Waals surface area contributed by atoms with E-state index < -0.39 is 27.9 Å². The minimum Gasteiger partial charge on any atom is -0.350 e. The number of hydrogen-bond acceptors (Lipinski definition) is 4. The number of halogens is 1. The van der Waals surface area contributed by atoms with Crippen LogP contribution in [0.5, 0.6) is 0 Å². The monoisotopic (exact) mass is 511 g/mol. The van der Waals surface area contributed by atoms with Gasteiger partial charge in [0.2, 0.25) is 11.8 Å². The van der Waals surface area contributed by atoms with E-state index in [9.17, 15) is 18.0 Å². The van der Waals surface area contributed by atoms with Gasteiger partial charge < -0.3 is 10.6 Å². The van der Waals surface area contributed by atoms with Gasteiger partial charge in [-0.05, 0) is 61.7 Å². The number of carbonyl (C=O) groups excluding carboxylic acids is 2. The van der Waals surface area contributed by atoms with Crippen LogP contribution in [0.4, 0.5) is 11.4 Å². The molecule has 2 amide bonds. The zero-order chi connectivity index (χ0) is 25.3. The van der Waals surface area contributed by atoms with Crippen LogP contribution >= 0.6 is 11.6 Å². The van der Waals surface area contributed by atoms with Crippen LogP contribution in [0, 0.1) is 13.8 Å². The first-order valence-corrected chi connectivity index (χ1v) is 13.0. The lowest BCUT2D eigenvalue weighted by Crippen LogP contribution is -2.53. The molecule has 35 heavy (non-hydrogen) atoms. The number of nitrogens with zero attached hydrogens (tertiary/aromatic N) is 1. The third kappa shape index (κ3) is 4.90. The normalized spacial score (nSPS) is 16.3. The number of fused-ring (bicyclic) bond motifs is 1. The second-order valence-electron chi connectivity index (χ2n) is 8.59. The zero-order valence-electron chi connectivity index (χ0n) is 19.6. The van der Waals surface area contributed by atoms with E-state index in [2.05, 4.69) is 10.6 Å². The molecule has 2 N–H and O–H groups in total. The number of carbonyl (C=O) groups is 2. The Kier molecular flexibility index (Phi) is 6.87. The first kappa shape index (κ1) is 24.8. The van der Waals surface area contributed by atoms with E-state index in [1.807, 2.05) is 37.3 Å². The SMILES string of the molecule is Cc1cc(S(=O)(=O)N2c3ccccc3NC(=O)C2CC(=O)NC(C)c2ccccc2)c(C)cc1Cl. The highest BCUT2D eigenvalue weighted by Crippen LogP contribution is 2.38. The average molecular weight is 512 g/mol. The molecule has 3 aromatic rings. The van der Waals surface area contributed by atoms with Gasteiger partial charge in [-0.15, -0.1) is 0 Å². The van der Waals surface area contributed by atoms with Gasteiger partial charge in [-0.1, -0.05) is 54.1 Å². The number of nitrogens with one attached hydrogen (secondary N) is 2. The van der Waals surface area contributed by atoms with Crippen LogP contribution in [0.3, 0.4) is 0 Å². The molecule has 0 saturated carbocycles. The maximum Gasteiger partial charge on any atom is 0.265 e. The summed E-state index contributed by atoms with van der Waals surface area (Å²) in [5, 5.41) is 6.06. The minimum absolute atomic E-state index is 0.0342. The van der Waals surface area contributed by atoms with E-state index in [-0.39, 0.29) is 17.4 Å². The molecule has 3 aromatic carbocycles. The van der Waals surface area contributed by atoms with Gasteiger partial charge in [0.1, 0.15) is 6.04 Å². The summed E-state index contributed by atoms with van der Waals surface area (Å²) in [6.45, 7) is 5.20. The van der Waals surface area contributed by atoms with Crippen LogP contribution in [-0.4, -0.2) is 26.3 Å². The Balaban J connectivity index is 1.72. The molecule has 2 atom stereocenters. The van der Waals surface area contributed by atoms with Gasteiger partial charge in [0.05, 0.1) is 28.7 Å². The van der Waals surface area contributed by atoms with Gasteiger partial charge in [-0.25, -0.2) is 8.42 Å². The minimum atomic E-state index is -4.22. The summed E-state index contributed by atoms with van der Waals surface area (Å²) in [4.78, 5) is 26.2. The lowest BCUT2D eigenvalue weighted by atomic mass is 10.1. The van der Waals surface area contributed by atoms with Crippen molar-refractivity contribution in [2.45, 2.75) is 44.2 Å². The fraction of sp³-hybridized carbons (Fsp3) is 0.231. The molecule has 1 heterocycles. The molecule has 4 rings (SSSR count). The van der Waals surface area contributed by atoms with Crippen LogP contribution in [0.25, 0.3) is 0 Å². The number of aryl methyl sites for hydroxylation is 2. The van der Waals surface area contributed by atoms with Crippen molar-refractivity contribution in [1.29, 1.82) is 0 Å². The van der Waals surface area contributed by atoms with Crippen molar-refractivity contribution in [1.82, 2.24) is 5.32 Å². The first-order chi connectivity index (χ1) is 16.6. The van der Waals surface area contributed by atoms with Gasteiger partial charge >= 0.3 is 0 Å². The Hall–Kier alpha value is -3.36. The topological polar surface area (TPSA) is 95.6 Å². The number of amides is 2. The van der Waals surface area contributed by atoms with Gasteiger partial charge in [0.25, 0.3) is 10.0 Å². The highest BCUT2D eigenvalue weighted by atomic mass is 35.5. The van der Waals surface area contributed by atoms with Gasteiger partial charge in [0, 0.05) is 5.02 Å². The summed E-state index contributed by atoms with van der Waals surface area (Å²) >= 11 is 6.20. The van der Waals surface area contributed by atoms with Crippen molar-refractivity contribution >= 4 is 44.8 Å². The zero-order valence-corrected chi connectivity index (χ0v) is 21.2. The molecule has 0 fully saturated rings. The molecule has 1 aliphatic heterocycles. The Morgan fingerprint density at radius 2 is 1.71 bits per heavy atom. The standard InChI is InChI=1S/C26H26ClN3O4S/c1-16-14-24(17(2)13-20(16)27)35(33,34)30-22-12-8-7-11-21(22)29-26(32)23(30)15-25(31)28-18(3)19-9-5-4-6-10-19/h4-14,18,23H,15H2,1-3H3,(H,28,31)(H,29,32). The summed E-state index contributed by atoms with van der Waals surface area (Å²) in [5.41, 5.74) is 2.60. The molecule has 9 heteroatoms. The Bertz CT molecular complexity index is 1390. The molecular formula is C26H26ClN3O4S. The molecule has 182 valence electrons. The van der Waals surface area contributed by atoms with Crippen molar-refractivity contribution in [3.05, 3.63) is 88.4 Å². The Labute approximate surface area is 210 Å². The molecule has 0 aromatic heterocycles. The fourth-order valence-electron chi connectivity index (χ4n) is 4.17. The van der Waals surface area contributed by atoms with Crippen LogP contribution in [0.2, 0.25) is 5.02 Å². The van der Waals surface area contributed by atoms with Crippen molar-refractivity contribution in [3.63, 3.8) is 0 Å². The predicted octanol–water partition coefficient (Wildman–Crippen LogP) is 4.74. The van der Waals surface area contributed by atoms with E-state index in [4.69, 9.17) is 11.6 Å². The quantitative estimate of drug-likeness (QED) is 0.499. The number of rotatable bonds is 6. The van der Waals surface area contributed by atoms with Crippen molar-refractivity contribution in [2.24, 2.45) is 0 Å². The van der Waals surface area contributed by atoms with Crippen molar-refractivity contribution in [3.8, 4) is 0 Å². The highest BCUT2D eigenvalue weighted by Gasteiger charge is 2.42. The number of sulfonamides is 1. The van der Waals surface area contributed by atoms with Crippen molar-refractivity contribution < 1.29 is 18.0 Å². The first-order valence-electron chi connectivity index (χ1n) is 11.1. The summed E-state index contributed by atoms with van der Waals surface area (Å²) < 4.78 is 29.0. The Morgan fingerprint density at radius 1 is 1.06 bits per heavy atom. The number of para-hydroxylation sites is 2. The molecule has 0 bridgehead atoms. The van der Waals surface area contributed by atoms with E-state index in [1.54, 1.807) is 44.2 Å². The van der Waals surface area contributed by atoms with Crippen molar-refractivity contribution in [2.75, 3.05) is 9.62 Å². The summed E-state index contributed by atoms with van der Waals surface area (Å²) in [7, 11) is -4.22. The molecule has 0 spiro atoms. The van der Waals surface area contributed by atoms with Gasteiger partial charge in [0.15, 0.2) is 0 Å². The predicted molar refractivity (Wildman–Crippen MR) is 137 cm³/mol. The lowest BCUT2D eigenvalue weighted by molar-refractivity contribution is -0.125. The molecule has 7 nitrogen and oxygen atoms in total. The molecule has 2 unspecified atom stereocenters. The summed E-state index contributed by atoms with van der Waals surface area (Å²) in [6, 6.07) is 17.5. The van der Waals surface area contributed by atoms with E-state index in [1.165, 1.54) is 6.07 Å². The smallest absolute Gasteiger partial charge is 0.265 e. The van der Waals surface area contributed by atoms with Crippen LogP contribution in [0.1, 0.15) is 36.1 Å². The molecule has 1 aliphatic rings. The second kappa shape index (κ2) is 9.71. The lowest BCUT2D eigenvalue weighted by Gasteiger charge is -2.37. The van der Waals surface area contributed by atoms with E-state index in [0.717, 1.165) is 9.87 Å². The second-order valence-corrected chi connectivity index (χ2v) is 10.8. The Morgan fingerprint density at radius 3 is 2.43 bits per heavy atom.